The summed E-state index contributed by atoms with van der Waals surface area (Å²) >= 11 is 0. The number of hydrogen-bond acceptors (Lipinski definition) is 5. The van der Waals surface area contributed by atoms with Crippen molar-refractivity contribution >= 4 is 5.91 Å². The Balaban J connectivity index is 1.23. The van der Waals surface area contributed by atoms with E-state index in [0.717, 1.165) is 31.6 Å². The van der Waals surface area contributed by atoms with Gasteiger partial charge in [-0.3, -0.25) is 4.79 Å². The molecule has 1 amide bonds. The van der Waals surface area contributed by atoms with Crippen LogP contribution in [0.1, 0.15) is 19.3 Å². The van der Waals surface area contributed by atoms with Gasteiger partial charge in [-0.25, -0.2) is 0 Å². The van der Waals surface area contributed by atoms with Crippen LogP contribution in [-0.2, 0) is 14.3 Å². The maximum Gasteiger partial charge on any atom is 0.258 e. The fourth-order valence-electron chi connectivity index (χ4n) is 3.66. The molecule has 0 aromatic heterocycles. The van der Waals surface area contributed by atoms with Crippen LogP contribution in [-0.4, -0.2) is 44.0 Å². The highest BCUT2D eigenvalue weighted by Crippen LogP contribution is 2.32. The molecule has 2 aliphatic heterocycles. The SMILES string of the molecule is O=C(COc1ccc(Oc2ccccc2)cc1)NC1CCOC2(CCOC2)C1. The molecule has 2 unspecified atom stereocenters. The second-order valence-corrected chi connectivity index (χ2v) is 7.27. The number of hydrogen-bond donors (Lipinski definition) is 1. The molecule has 0 saturated carbocycles. The van der Waals surface area contributed by atoms with E-state index in [1.54, 1.807) is 12.1 Å². The maximum atomic E-state index is 12.3. The number of nitrogens with one attached hydrogen (secondary N) is 1. The van der Waals surface area contributed by atoms with E-state index in [0.29, 0.717) is 24.7 Å². The Hall–Kier alpha value is -2.57. The summed E-state index contributed by atoms with van der Waals surface area (Å²) in [6.07, 6.45) is 2.51. The van der Waals surface area contributed by atoms with Crippen LogP contribution in [0.15, 0.2) is 54.6 Å². The lowest BCUT2D eigenvalue weighted by atomic mass is 9.90. The molecule has 148 valence electrons. The molecule has 2 aromatic carbocycles. The van der Waals surface area contributed by atoms with Gasteiger partial charge < -0.3 is 24.3 Å². The molecule has 6 heteroatoms. The standard InChI is InChI=1S/C22H25NO5/c24-21(23-17-10-12-27-22(14-17)11-13-25-16-22)15-26-18-6-8-20(9-7-18)28-19-4-2-1-3-5-19/h1-9,17H,10-16H2,(H,23,24). The fraction of sp³-hybridized carbons (Fsp3) is 0.409. The first-order valence-electron chi connectivity index (χ1n) is 9.68. The molecule has 1 N–H and O–H groups in total. The molecule has 2 atom stereocenters. The Morgan fingerprint density at radius 2 is 1.79 bits per heavy atom. The highest BCUT2D eigenvalue weighted by atomic mass is 16.6. The molecule has 2 aliphatic rings. The molecular weight excluding hydrogens is 358 g/mol. The summed E-state index contributed by atoms with van der Waals surface area (Å²) in [6.45, 7) is 1.98. The van der Waals surface area contributed by atoms with Gasteiger partial charge in [0.2, 0.25) is 0 Å². The Morgan fingerprint density at radius 3 is 2.54 bits per heavy atom. The second-order valence-electron chi connectivity index (χ2n) is 7.27. The first-order chi connectivity index (χ1) is 13.7. The normalized spacial score (nSPS) is 24.1. The van der Waals surface area contributed by atoms with Crippen LogP contribution < -0.4 is 14.8 Å². The van der Waals surface area contributed by atoms with Gasteiger partial charge in [0, 0.05) is 25.7 Å². The lowest BCUT2D eigenvalue weighted by Crippen LogP contribution is -2.49. The van der Waals surface area contributed by atoms with Gasteiger partial charge in [-0.2, -0.15) is 0 Å². The molecule has 2 saturated heterocycles. The van der Waals surface area contributed by atoms with Crippen molar-refractivity contribution in [1.82, 2.24) is 5.32 Å². The molecular formula is C22H25NO5. The minimum Gasteiger partial charge on any atom is -0.484 e. The van der Waals surface area contributed by atoms with Crippen LogP contribution in [0.5, 0.6) is 17.2 Å². The van der Waals surface area contributed by atoms with E-state index >= 15 is 0 Å². The molecule has 0 bridgehead atoms. The predicted octanol–water partition coefficient (Wildman–Crippen LogP) is 3.31. The van der Waals surface area contributed by atoms with Crippen LogP contribution in [0.2, 0.25) is 0 Å². The molecule has 6 nitrogen and oxygen atoms in total. The number of para-hydroxylation sites is 1. The van der Waals surface area contributed by atoms with Crippen LogP contribution >= 0.6 is 0 Å². The van der Waals surface area contributed by atoms with E-state index in [1.807, 2.05) is 42.5 Å². The van der Waals surface area contributed by atoms with Crippen molar-refractivity contribution in [1.29, 1.82) is 0 Å². The van der Waals surface area contributed by atoms with Crippen molar-refractivity contribution < 1.29 is 23.7 Å². The van der Waals surface area contributed by atoms with E-state index in [2.05, 4.69) is 5.32 Å². The average molecular weight is 383 g/mol. The smallest absolute Gasteiger partial charge is 0.258 e. The number of carbonyl (C=O) groups excluding carboxylic acids is 1. The zero-order valence-corrected chi connectivity index (χ0v) is 15.8. The molecule has 28 heavy (non-hydrogen) atoms. The molecule has 0 radical (unpaired) electrons. The van der Waals surface area contributed by atoms with Crippen LogP contribution in [0.3, 0.4) is 0 Å². The summed E-state index contributed by atoms with van der Waals surface area (Å²) in [5.74, 6) is 2.00. The van der Waals surface area contributed by atoms with Crippen molar-refractivity contribution in [3.8, 4) is 17.2 Å². The van der Waals surface area contributed by atoms with Crippen LogP contribution in [0.25, 0.3) is 0 Å². The number of rotatable bonds is 6. The third-order valence-corrected chi connectivity index (χ3v) is 5.10. The van der Waals surface area contributed by atoms with Gasteiger partial charge in [0.15, 0.2) is 6.61 Å². The summed E-state index contributed by atoms with van der Waals surface area (Å²) in [7, 11) is 0. The molecule has 2 fully saturated rings. The summed E-state index contributed by atoms with van der Waals surface area (Å²) in [5, 5.41) is 3.06. The van der Waals surface area contributed by atoms with Gasteiger partial charge in [-0.1, -0.05) is 18.2 Å². The van der Waals surface area contributed by atoms with Crippen LogP contribution in [0, 0.1) is 0 Å². The quantitative estimate of drug-likeness (QED) is 0.829. The van der Waals surface area contributed by atoms with Gasteiger partial charge >= 0.3 is 0 Å². The van der Waals surface area contributed by atoms with E-state index in [-0.39, 0.29) is 24.2 Å². The maximum absolute atomic E-state index is 12.3. The van der Waals surface area contributed by atoms with Gasteiger partial charge in [0.1, 0.15) is 17.2 Å². The molecule has 2 aromatic rings. The lowest BCUT2D eigenvalue weighted by Gasteiger charge is -2.37. The van der Waals surface area contributed by atoms with E-state index in [1.165, 1.54) is 0 Å². The molecule has 2 heterocycles. The topological polar surface area (TPSA) is 66.0 Å². The Bertz CT molecular complexity index is 771. The van der Waals surface area contributed by atoms with Crippen molar-refractivity contribution in [2.24, 2.45) is 0 Å². The zero-order chi connectivity index (χ0) is 19.2. The van der Waals surface area contributed by atoms with E-state index in [4.69, 9.17) is 18.9 Å². The number of ether oxygens (including phenoxy) is 4. The minimum atomic E-state index is -0.217. The molecule has 1 spiro atoms. The van der Waals surface area contributed by atoms with Crippen molar-refractivity contribution in [3.05, 3.63) is 54.6 Å². The van der Waals surface area contributed by atoms with Crippen molar-refractivity contribution in [2.45, 2.75) is 30.9 Å². The third kappa shape index (κ3) is 4.82. The first kappa shape index (κ1) is 18.8. The number of amides is 1. The fourth-order valence-corrected chi connectivity index (χ4v) is 3.66. The summed E-state index contributed by atoms with van der Waals surface area (Å²) in [4.78, 5) is 12.3. The second kappa shape index (κ2) is 8.63. The third-order valence-electron chi connectivity index (χ3n) is 5.10. The van der Waals surface area contributed by atoms with E-state index in [9.17, 15) is 4.79 Å². The summed E-state index contributed by atoms with van der Waals surface area (Å²) < 4.78 is 22.7. The largest absolute Gasteiger partial charge is 0.484 e. The lowest BCUT2D eigenvalue weighted by molar-refractivity contribution is -0.127. The molecule has 0 aliphatic carbocycles. The highest BCUT2D eigenvalue weighted by molar-refractivity contribution is 5.77. The van der Waals surface area contributed by atoms with Gasteiger partial charge in [-0.15, -0.1) is 0 Å². The van der Waals surface area contributed by atoms with Gasteiger partial charge in [0.25, 0.3) is 5.91 Å². The predicted molar refractivity (Wildman–Crippen MR) is 104 cm³/mol. The first-order valence-corrected chi connectivity index (χ1v) is 9.68. The monoisotopic (exact) mass is 383 g/mol. The highest BCUT2D eigenvalue weighted by Gasteiger charge is 2.41. The Morgan fingerprint density at radius 1 is 1.04 bits per heavy atom. The average Bonchev–Trinajstić information content (AvgIpc) is 3.16. The Labute approximate surface area is 164 Å². The van der Waals surface area contributed by atoms with Crippen LogP contribution in [0.4, 0.5) is 0 Å². The van der Waals surface area contributed by atoms with Crippen molar-refractivity contribution in [3.63, 3.8) is 0 Å². The van der Waals surface area contributed by atoms with E-state index < -0.39 is 0 Å². The summed E-state index contributed by atoms with van der Waals surface area (Å²) in [6, 6.07) is 16.9. The Kier molecular flexibility index (Phi) is 5.78. The number of benzene rings is 2. The van der Waals surface area contributed by atoms with Crippen molar-refractivity contribution in [2.75, 3.05) is 26.4 Å². The summed E-state index contributed by atoms with van der Waals surface area (Å²) in [5.41, 5.74) is -0.217. The molecule has 4 rings (SSSR count). The van der Waals surface area contributed by atoms with Gasteiger partial charge in [-0.05, 0) is 49.2 Å². The minimum absolute atomic E-state index is 0.0141. The van der Waals surface area contributed by atoms with Gasteiger partial charge in [0.05, 0.1) is 12.2 Å². The zero-order valence-electron chi connectivity index (χ0n) is 15.8. The number of carbonyl (C=O) groups is 1.